The lowest BCUT2D eigenvalue weighted by Crippen LogP contribution is -2.26. The molecule has 0 fully saturated rings. The molecule has 4 aromatic rings. The van der Waals surface area contributed by atoms with Gasteiger partial charge in [0.2, 0.25) is 5.91 Å². The van der Waals surface area contributed by atoms with E-state index in [4.69, 9.17) is 5.73 Å². The minimum Gasteiger partial charge on any atom is -0.382 e. The summed E-state index contributed by atoms with van der Waals surface area (Å²) in [5.74, 6) is 0.315. The van der Waals surface area contributed by atoms with Crippen LogP contribution in [0.5, 0.6) is 0 Å². The van der Waals surface area contributed by atoms with Crippen molar-refractivity contribution in [3.8, 4) is 11.8 Å². The second-order valence-corrected chi connectivity index (χ2v) is 7.33. The van der Waals surface area contributed by atoms with Crippen molar-refractivity contribution in [3.05, 3.63) is 89.6 Å². The third-order valence-corrected chi connectivity index (χ3v) is 5.25. The molecule has 1 heterocycles. The normalized spacial score (nSPS) is 10.7. The third kappa shape index (κ3) is 4.41. The number of anilines is 1. The average molecular weight is 409 g/mol. The van der Waals surface area contributed by atoms with Crippen LogP contribution in [0.2, 0.25) is 0 Å². The van der Waals surface area contributed by atoms with Crippen LogP contribution in [0.3, 0.4) is 0 Å². The number of carbonyl (C=O) groups excluding carboxylic acids is 1. The van der Waals surface area contributed by atoms with Gasteiger partial charge in [0.1, 0.15) is 17.5 Å². The molecule has 0 unspecified atom stereocenters. The van der Waals surface area contributed by atoms with E-state index in [0.29, 0.717) is 42.9 Å². The Morgan fingerprint density at radius 2 is 1.77 bits per heavy atom. The SMILES string of the molecule is N#Cc1c(CCCNC(=O)Cc2cccc3ccccc23)nn(-c2ccccc2)c1N. The number of para-hydroxylation sites is 1. The highest BCUT2D eigenvalue weighted by molar-refractivity contribution is 5.90. The Kier molecular flexibility index (Phi) is 5.95. The van der Waals surface area contributed by atoms with Crippen LogP contribution >= 0.6 is 0 Å². The molecule has 3 N–H and O–H groups in total. The minimum atomic E-state index is -0.0220. The number of nitrogens with two attached hydrogens (primary N) is 1. The highest BCUT2D eigenvalue weighted by Crippen LogP contribution is 2.21. The Morgan fingerprint density at radius 3 is 2.58 bits per heavy atom. The Hall–Kier alpha value is -4.11. The first-order chi connectivity index (χ1) is 15.2. The van der Waals surface area contributed by atoms with Gasteiger partial charge in [0, 0.05) is 6.54 Å². The summed E-state index contributed by atoms with van der Waals surface area (Å²) in [6.45, 7) is 0.507. The van der Waals surface area contributed by atoms with E-state index in [1.807, 2.05) is 72.8 Å². The maximum Gasteiger partial charge on any atom is 0.224 e. The van der Waals surface area contributed by atoms with E-state index in [1.54, 1.807) is 4.68 Å². The lowest BCUT2D eigenvalue weighted by Gasteiger charge is -2.08. The zero-order valence-electron chi connectivity index (χ0n) is 17.1. The van der Waals surface area contributed by atoms with Crippen molar-refractivity contribution in [3.63, 3.8) is 0 Å². The van der Waals surface area contributed by atoms with Gasteiger partial charge in [-0.05, 0) is 41.3 Å². The van der Waals surface area contributed by atoms with E-state index in [-0.39, 0.29) is 5.91 Å². The smallest absolute Gasteiger partial charge is 0.224 e. The summed E-state index contributed by atoms with van der Waals surface area (Å²) < 4.78 is 1.59. The number of benzene rings is 3. The summed E-state index contributed by atoms with van der Waals surface area (Å²) in [7, 11) is 0. The summed E-state index contributed by atoms with van der Waals surface area (Å²) >= 11 is 0. The van der Waals surface area contributed by atoms with Crippen LogP contribution in [-0.4, -0.2) is 22.2 Å². The molecule has 3 aromatic carbocycles. The standard InChI is InChI=1S/C25H23N5O/c26-17-22-23(29-30(25(22)27)20-11-2-1-3-12-20)14-7-15-28-24(31)16-19-10-6-9-18-8-4-5-13-21(18)19/h1-6,8-13H,7,14-16,27H2,(H,28,31). The Balaban J connectivity index is 1.36. The van der Waals surface area contributed by atoms with E-state index < -0.39 is 0 Å². The van der Waals surface area contributed by atoms with Crippen LogP contribution in [0, 0.1) is 11.3 Å². The molecule has 0 aliphatic rings. The number of fused-ring (bicyclic) bond motifs is 1. The van der Waals surface area contributed by atoms with Gasteiger partial charge in [-0.1, -0.05) is 60.7 Å². The molecule has 6 nitrogen and oxygen atoms in total. The molecular weight excluding hydrogens is 386 g/mol. The average Bonchev–Trinajstić information content (AvgIpc) is 3.12. The molecule has 0 saturated heterocycles. The van der Waals surface area contributed by atoms with Crippen molar-refractivity contribution < 1.29 is 4.79 Å². The number of rotatable bonds is 7. The van der Waals surface area contributed by atoms with Crippen molar-refractivity contribution in [1.82, 2.24) is 15.1 Å². The molecular formula is C25H23N5O. The van der Waals surface area contributed by atoms with Crippen LogP contribution < -0.4 is 11.1 Å². The largest absolute Gasteiger partial charge is 0.382 e. The highest BCUT2D eigenvalue weighted by Gasteiger charge is 2.16. The van der Waals surface area contributed by atoms with Crippen molar-refractivity contribution in [2.24, 2.45) is 0 Å². The van der Waals surface area contributed by atoms with Gasteiger partial charge in [-0.2, -0.15) is 10.4 Å². The highest BCUT2D eigenvalue weighted by atomic mass is 16.1. The fourth-order valence-electron chi connectivity index (χ4n) is 3.71. The number of nitrogens with one attached hydrogen (secondary N) is 1. The number of hydrogen-bond donors (Lipinski definition) is 2. The molecule has 154 valence electrons. The number of nitrogens with zero attached hydrogens (tertiary/aromatic N) is 3. The second-order valence-electron chi connectivity index (χ2n) is 7.33. The van der Waals surface area contributed by atoms with Crippen molar-refractivity contribution >= 4 is 22.5 Å². The van der Waals surface area contributed by atoms with Crippen LogP contribution in [0.1, 0.15) is 23.2 Å². The quantitative estimate of drug-likeness (QED) is 0.454. The number of aryl methyl sites for hydroxylation is 1. The molecule has 0 radical (unpaired) electrons. The van der Waals surface area contributed by atoms with E-state index in [2.05, 4.69) is 16.5 Å². The molecule has 0 atom stereocenters. The first-order valence-electron chi connectivity index (χ1n) is 10.2. The maximum atomic E-state index is 12.4. The Bertz CT molecular complexity index is 1250. The van der Waals surface area contributed by atoms with Gasteiger partial charge in [-0.15, -0.1) is 0 Å². The van der Waals surface area contributed by atoms with Gasteiger partial charge >= 0.3 is 0 Å². The predicted molar refractivity (Wildman–Crippen MR) is 122 cm³/mol. The Labute approximate surface area is 180 Å². The number of nitriles is 1. The molecule has 0 saturated carbocycles. The zero-order chi connectivity index (χ0) is 21.6. The number of carbonyl (C=O) groups is 1. The summed E-state index contributed by atoms with van der Waals surface area (Å²) in [6.07, 6.45) is 1.56. The van der Waals surface area contributed by atoms with Crippen LogP contribution in [0.4, 0.5) is 5.82 Å². The van der Waals surface area contributed by atoms with E-state index in [0.717, 1.165) is 22.0 Å². The van der Waals surface area contributed by atoms with E-state index in [1.165, 1.54) is 0 Å². The van der Waals surface area contributed by atoms with Gasteiger partial charge in [0.25, 0.3) is 0 Å². The zero-order valence-corrected chi connectivity index (χ0v) is 17.1. The molecule has 1 amide bonds. The van der Waals surface area contributed by atoms with Gasteiger partial charge < -0.3 is 11.1 Å². The lowest BCUT2D eigenvalue weighted by atomic mass is 10.0. The molecule has 31 heavy (non-hydrogen) atoms. The van der Waals surface area contributed by atoms with Gasteiger partial charge in [0.05, 0.1) is 17.8 Å². The molecule has 0 aliphatic carbocycles. The van der Waals surface area contributed by atoms with Crippen molar-refractivity contribution in [1.29, 1.82) is 5.26 Å². The third-order valence-electron chi connectivity index (χ3n) is 5.25. The maximum absolute atomic E-state index is 12.4. The number of amides is 1. The topological polar surface area (TPSA) is 96.7 Å². The fourth-order valence-corrected chi connectivity index (χ4v) is 3.71. The summed E-state index contributed by atoms with van der Waals surface area (Å²) in [6, 6.07) is 25.7. The van der Waals surface area contributed by atoms with Crippen molar-refractivity contribution in [2.75, 3.05) is 12.3 Å². The van der Waals surface area contributed by atoms with E-state index >= 15 is 0 Å². The minimum absolute atomic E-state index is 0.0220. The summed E-state index contributed by atoms with van der Waals surface area (Å²) in [5, 5.41) is 19.2. The van der Waals surface area contributed by atoms with Gasteiger partial charge in [-0.25, -0.2) is 4.68 Å². The number of aromatic nitrogens is 2. The first-order valence-corrected chi connectivity index (χ1v) is 10.2. The predicted octanol–water partition coefficient (Wildman–Crippen LogP) is 3.77. The molecule has 1 aromatic heterocycles. The van der Waals surface area contributed by atoms with Crippen LogP contribution in [0.25, 0.3) is 16.5 Å². The Morgan fingerprint density at radius 1 is 1.03 bits per heavy atom. The molecule has 0 aliphatic heterocycles. The number of nitrogen functional groups attached to an aromatic ring is 1. The van der Waals surface area contributed by atoms with Crippen LogP contribution in [-0.2, 0) is 17.6 Å². The lowest BCUT2D eigenvalue weighted by molar-refractivity contribution is -0.120. The molecule has 4 rings (SSSR count). The summed E-state index contributed by atoms with van der Waals surface area (Å²) in [4.78, 5) is 12.4. The monoisotopic (exact) mass is 409 g/mol. The van der Waals surface area contributed by atoms with Crippen molar-refractivity contribution in [2.45, 2.75) is 19.3 Å². The van der Waals surface area contributed by atoms with Crippen LogP contribution in [0.15, 0.2) is 72.8 Å². The first kappa shape index (κ1) is 20.2. The fraction of sp³-hybridized carbons (Fsp3) is 0.160. The van der Waals surface area contributed by atoms with E-state index in [9.17, 15) is 10.1 Å². The second kappa shape index (κ2) is 9.14. The molecule has 0 bridgehead atoms. The van der Waals surface area contributed by atoms with Gasteiger partial charge in [-0.3, -0.25) is 4.79 Å². The van der Waals surface area contributed by atoms with Gasteiger partial charge in [0.15, 0.2) is 0 Å². The molecule has 0 spiro atoms. The summed E-state index contributed by atoms with van der Waals surface area (Å²) in [5.41, 5.74) is 9.00. The molecule has 6 heteroatoms. The number of hydrogen-bond acceptors (Lipinski definition) is 4.